The van der Waals surface area contributed by atoms with Crippen molar-refractivity contribution in [3.8, 4) is 0 Å². The number of aliphatic hydroxyl groups is 1. The Morgan fingerprint density at radius 3 is 1.84 bits per heavy atom. The molecular weight excluding hydrogens is 569 g/mol. The summed E-state index contributed by atoms with van der Waals surface area (Å²) < 4.78 is 27.6. The molecule has 43 heavy (non-hydrogen) atoms. The van der Waals surface area contributed by atoms with Crippen LogP contribution >= 0.6 is 0 Å². The van der Waals surface area contributed by atoms with Crippen molar-refractivity contribution in [2.75, 3.05) is 13.2 Å². The van der Waals surface area contributed by atoms with E-state index in [0.29, 0.717) is 42.7 Å². The first-order chi connectivity index (χ1) is 20.3. The van der Waals surface area contributed by atoms with E-state index in [0.717, 1.165) is 19.3 Å². The molecule has 0 aliphatic carbocycles. The molecule has 4 unspecified atom stereocenters. The van der Waals surface area contributed by atoms with Gasteiger partial charge in [0, 0.05) is 19.4 Å². The highest BCUT2D eigenvalue weighted by molar-refractivity contribution is 6.99. The highest BCUT2D eigenvalue weighted by atomic mass is 28.4. The average Bonchev–Trinajstić information content (AvgIpc) is 2.96. The van der Waals surface area contributed by atoms with Gasteiger partial charge in [-0.2, -0.15) is 0 Å². The van der Waals surface area contributed by atoms with E-state index in [1.807, 2.05) is 0 Å². The van der Waals surface area contributed by atoms with Crippen LogP contribution in [0.2, 0.25) is 21.7 Å². The largest absolute Gasteiger partial charge is 0.410 e. The van der Waals surface area contributed by atoms with Gasteiger partial charge in [-0.25, -0.2) is 0 Å². The van der Waals surface area contributed by atoms with Gasteiger partial charge in [-0.1, -0.05) is 123 Å². The fourth-order valence-electron chi connectivity index (χ4n) is 8.25. The molecule has 1 N–H and O–H groups in total. The highest BCUT2D eigenvalue weighted by Crippen LogP contribution is 2.47. The molecule has 0 aromatic heterocycles. The third kappa shape index (κ3) is 6.79. The summed E-state index contributed by atoms with van der Waals surface area (Å²) in [6.45, 7) is 22.0. The third-order valence-corrected chi connectivity index (χ3v) is 21.3. The predicted octanol–water partition coefficient (Wildman–Crippen LogP) is 7.56. The van der Waals surface area contributed by atoms with Crippen molar-refractivity contribution < 1.29 is 23.4 Å². The molecule has 1 spiro atoms. The van der Waals surface area contributed by atoms with Crippen molar-refractivity contribution in [1.82, 2.24) is 0 Å². The Balaban J connectivity index is 1.64. The topological polar surface area (TPSA) is 57.2 Å². The molecule has 2 fully saturated rings. The van der Waals surface area contributed by atoms with Crippen LogP contribution in [0.15, 0.2) is 60.7 Å². The summed E-state index contributed by atoms with van der Waals surface area (Å²) in [7, 11) is -4.89. The molecule has 2 aliphatic rings. The Morgan fingerprint density at radius 2 is 1.40 bits per heavy atom. The zero-order valence-corrected chi connectivity index (χ0v) is 30.3. The summed E-state index contributed by atoms with van der Waals surface area (Å²) in [6.07, 6.45) is 2.80. The van der Waals surface area contributed by atoms with Crippen LogP contribution in [0, 0.1) is 0 Å². The molecule has 0 amide bonds. The van der Waals surface area contributed by atoms with E-state index in [1.54, 1.807) is 0 Å². The van der Waals surface area contributed by atoms with Crippen LogP contribution in [0.25, 0.3) is 0 Å². The molecule has 2 aromatic rings. The molecule has 2 aromatic carbocycles. The smallest absolute Gasteiger partial charge is 0.261 e. The minimum absolute atomic E-state index is 0.0876. The Morgan fingerprint density at radius 1 is 0.860 bits per heavy atom. The lowest BCUT2D eigenvalue weighted by molar-refractivity contribution is -0.351. The fourth-order valence-corrected chi connectivity index (χ4v) is 18.4. The Labute approximate surface area is 263 Å². The summed E-state index contributed by atoms with van der Waals surface area (Å²) in [5, 5.41) is 14.3. The normalized spacial score (nSPS) is 25.7. The number of hydrogen-bond donors (Lipinski definition) is 1. The molecule has 4 rings (SSSR count). The van der Waals surface area contributed by atoms with Crippen LogP contribution < -0.4 is 10.4 Å². The zero-order chi connectivity index (χ0) is 31.5. The van der Waals surface area contributed by atoms with Gasteiger partial charge < -0.3 is 23.4 Å². The van der Waals surface area contributed by atoms with Gasteiger partial charge >= 0.3 is 0 Å². The van der Waals surface area contributed by atoms with Crippen LogP contribution in [-0.2, 0) is 18.3 Å². The third-order valence-electron chi connectivity index (χ3n) is 10.2. The first-order valence-corrected chi connectivity index (χ1v) is 20.8. The molecule has 7 heteroatoms. The summed E-state index contributed by atoms with van der Waals surface area (Å²) >= 11 is 0. The minimum Gasteiger partial charge on any atom is -0.410 e. The Kier molecular flexibility index (Phi) is 11.2. The van der Waals surface area contributed by atoms with Crippen molar-refractivity contribution in [1.29, 1.82) is 0 Å². The van der Waals surface area contributed by atoms with Gasteiger partial charge in [-0.15, -0.1) is 0 Å². The predicted molar refractivity (Wildman–Crippen MR) is 182 cm³/mol. The van der Waals surface area contributed by atoms with Crippen molar-refractivity contribution in [3.63, 3.8) is 0 Å². The maximum atomic E-state index is 11.9. The summed E-state index contributed by atoms with van der Waals surface area (Å²) in [4.78, 5) is 0. The maximum absolute atomic E-state index is 11.9. The van der Waals surface area contributed by atoms with Crippen LogP contribution in [0.3, 0.4) is 0 Å². The van der Waals surface area contributed by atoms with Gasteiger partial charge in [0.25, 0.3) is 8.32 Å². The van der Waals surface area contributed by atoms with Gasteiger partial charge in [0.15, 0.2) is 5.79 Å². The van der Waals surface area contributed by atoms with E-state index < -0.39 is 28.5 Å². The number of ether oxygens (including phenoxy) is 2. The van der Waals surface area contributed by atoms with Crippen LogP contribution in [-0.4, -0.2) is 59.1 Å². The minimum atomic E-state index is -2.66. The first kappa shape index (κ1) is 34.5. The second kappa shape index (κ2) is 14.0. The molecule has 5 nitrogen and oxygen atoms in total. The quantitative estimate of drug-likeness (QED) is 0.261. The number of rotatable bonds is 11. The van der Waals surface area contributed by atoms with Crippen LogP contribution in [0.1, 0.15) is 94.4 Å². The van der Waals surface area contributed by atoms with Crippen molar-refractivity contribution in [2.45, 2.75) is 140 Å². The van der Waals surface area contributed by atoms with E-state index >= 15 is 0 Å². The second-order valence-corrected chi connectivity index (χ2v) is 24.5. The van der Waals surface area contributed by atoms with Gasteiger partial charge in [-0.05, 0) is 51.3 Å². The van der Waals surface area contributed by atoms with Crippen molar-refractivity contribution in [3.05, 3.63) is 60.7 Å². The van der Waals surface area contributed by atoms with E-state index in [-0.39, 0.29) is 17.2 Å². The lowest BCUT2D eigenvalue weighted by Crippen LogP contribution is -2.67. The number of aliphatic hydroxyl groups excluding tert-OH is 1. The standard InChI is InChI=1S/C36H58O5Si2/c1-27(2)42(28(3)4,29(5)6)41-33-26-30(40-36(34(33)37)23-16-17-24-38-36)22-25-39-43(35(7,8)9,31-18-12-10-13-19-31)32-20-14-11-15-21-32/h10-15,18-21,27-30,33-34,37H,16-17,22-26H2,1-9H3. The second-order valence-electron chi connectivity index (χ2n) is 14.8. The number of hydrogen-bond acceptors (Lipinski definition) is 5. The molecule has 2 aliphatic heterocycles. The molecular formula is C36H58O5Si2. The van der Waals surface area contributed by atoms with Gasteiger partial charge in [0.05, 0.1) is 18.8 Å². The lowest BCUT2D eigenvalue weighted by Gasteiger charge is -2.53. The summed E-state index contributed by atoms with van der Waals surface area (Å²) in [5.41, 5.74) is 1.30. The van der Waals surface area contributed by atoms with E-state index in [9.17, 15) is 5.11 Å². The summed E-state index contributed by atoms with van der Waals surface area (Å²) in [5.74, 6) is -1.01. The van der Waals surface area contributed by atoms with Gasteiger partial charge in [0.1, 0.15) is 6.10 Å². The van der Waals surface area contributed by atoms with Crippen LogP contribution in [0.4, 0.5) is 0 Å². The van der Waals surface area contributed by atoms with E-state index in [4.69, 9.17) is 18.3 Å². The van der Waals surface area contributed by atoms with E-state index in [2.05, 4.69) is 123 Å². The maximum Gasteiger partial charge on any atom is 0.261 e. The van der Waals surface area contributed by atoms with Gasteiger partial charge in [0.2, 0.25) is 8.32 Å². The summed E-state index contributed by atoms with van der Waals surface area (Å²) in [6, 6.07) is 21.6. The van der Waals surface area contributed by atoms with Crippen LogP contribution in [0.5, 0.6) is 0 Å². The molecule has 240 valence electrons. The molecule has 0 bridgehead atoms. The SMILES string of the molecule is CC(C)[Si](OC1CC(CCO[Si](c2ccccc2)(c2ccccc2)C(C)(C)C)OC2(CCCCO2)C1O)(C(C)C)C(C)C. The monoisotopic (exact) mass is 626 g/mol. The van der Waals surface area contributed by atoms with E-state index in [1.165, 1.54) is 10.4 Å². The average molecular weight is 627 g/mol. The molecule has 0 radical (unpaired) electrons. The Hall–Kier alpha value is -1.33. The highest BCUT2D eigenvalue weighted by Gasteiger charge is 2.56. The van der Waals surface area contributed by atoms with Crippen molar-refractivity contribution >= 4 is 27.0 Å². The molecule has 4 atom stereocenters. The Bertz CT molecular complexity index is 1060. The molecule has 2 heterocycles. The molecule has 0 saturated carbocycles. The zero-order valence-electron chi connectivity index (χ0n) is 28.3. The van der Waals surface area contributed by atoms with Crippen molar-refractivity contribution in [2.24, 2.45) is 0 Å². The number of benzene rings is 2. The molecule has 2 saturated heterocycles. The lowest BCUT2D eigenvalue weighted by atomic mass is 9.89. The fraction of sp³-hybridized carbons (Fsp3) is 0.667. The first-order valence-electron chi connectivity index (χ1n) is 16.7. The van der Waals surface area contributed by atoms with Gasteiger partial charge in [-0.3, -0.25) is 0 Å².